The summed E-state index contributed by atoms with van der Waals surface area (Å²) in [6, 6.07) is 4.79. The van der Waals surface area contributed by atoms with Crippen molar-refractivity contribution >= 4 is 22.4 Å². The first-order valence-electron chi connectivity index (χ1n) is 9.91. The third-order valence-corrected chi connectivity index (χ3v) is 5.80. The molecule has 1 aromatic carbocycles. The lowest BCUT2D eigenvalue weighted by atomic mass is 10.2. The van der Waals surface area contributed by atoms with Crippen molar-refractivity contribution in [1.82, 2.24) is 29.4 Å². The lowest BCUT2D eigenvalue weighted by Gasteiger charge is -2.33. The molecule has 0 atom stereocenters. The first-order chi connectivity index (χ1) is 14.2. The molecule has 4 heterocycles. The van der Waals surface area contributed by atoms with Gasteiger partial charge in [-0.25, -0.2) is 14.4 Å². The van der Waals surface area contributed by atoms with Crippen LogP contribution in [0.4, 0.5) is 10.2 Å². The molecule has 0 bridgehead atoms. The number of hydrogen-bond donors (Lipinski definition) is 0. The molecule has 0 spiro atoms. The van der Waals surface area contributed by atoms with Gasteiger partial charge in [0.15, 0.2) is 11.3 Å². The Hall–Kier alpha value is -3.07. The van der Waals surface area contributed by atoms with Gasteiger partial charge in [-0.3, -0.25) is 4.40 Å². The molecule has 6 rings (SSSR count). The smallest absolute Gasteiger partial charge is 0.230 e. The summed E-state index contributed by atoms with van der Waals surface area (Å²) in [6.45, 7) is 3.54. The van der Waals surface area contributed by atoms with Gasteiger partial charge in [0.05, 0.1) is 5.52 Å². The summed E-state index contributed by atoms with van der Waals surface area (Å²) in [5.41, 5.74) is 2.10. The number of anilines is 1. The van der Waals surface area contributed by atoms with E-state index in [1.165, 1.54) is 6.07 Å². The third kappa shape index (κ3) is 2.76. The van der Waals surface area contributed by atoms with Crippen LogP contribution in [0.5, 0.6) is 0 Å². The Morgan fingerprint density at radius 2 is 1.93 bits per heavy atom. The van der Waals surface area contributed by atoms with Crippen molar-refractivity contribution in [2.75, 3.05) is 38.1 Å². The minimum Gasteiger partial charge on any atom is -0.353 e. The molecule has 1 aliphatic carbocycles. The highest BCUT2D eigenvalue weighted by Gasteiger charge is 2.31. The van der Waals surface area contributed by atoms with E-state index in [0.717, 1.165) is 55.7 Å². The predicted molar refractivity (Wildman–Crippen MR) is 105 cm³/mol. The Labute approximate surface area is 166 Å². The van der Waals surface area contributed by atoms with Crippen molar-refractivity contribution in [3.8, 4) is 11.5 Å². The number of benzene rings is 1. The van der Waals surface area contributed by atoms with Gasteiger partial charge >= 0.3 is 0 Å². The fourth-order valence-electron chi connectivity index (χ4n) is 3.93. The Morgan fingerprint density at radius 1 is 1.10 bits per heavy atom. The maximum absolute atomic E-state index is 14.1. The van der Waals surface area contributed by atoms with Gasteiger partial charge in [-0.05, 0) is 38.1 Å². The third-order valence-electron chi connectivity index (χ3n) is 5.80. The van der Waals surface area contributed by atoms with E-state index in [-0.39, 0.29) is 5.82 Å². The summed E-state index contributed by atoms with van der Waals surface area (Å²) in [7, 11) is 2.11. The molecule has 1 aliphatic heterocycles. The van der Waals surface area contributed by atoms with Crippen LogP contribution in [-0.2, 0) is 0 Å². The van der Waals surface area contributed by atoms with E-state index in [4.69, 9.17) is 9.51 Å². The van der Waals surface area contributed by atoms with Crippen LogP contribution in [-0.4, -0.2) is 62.6 Å². The highest BCUT2D eigenvalue weighted by Crippen LogP contribution is 2.40. The van der Waals surface area contributed by atoms with E-state index in [2.05, 4.69) is 32.0 Å². The molecule has 8 nitrogen and oxygen atoms in total. The zero-order chi connectivity index (χ0) is 19.5. The molecule has 3 aromatic heterocycles. The number of nitrogens with zero attached hydrogens (tertiary/aromatic N) is 7. The first kappa shape index (κ1) is 16.8. The number of piperazine rings is 1. The minimum atomic E-state index is -0.276. The second-order valence-corrected chi connectivity index (χ2v) is 7.90. The minimum absolute atomic E-state index is 0.276. The number of halogens is 1. The van der Waals surface area contributed by atoms with Crippen LogP contribution in [0.1, 0.15) is 24.7 Å². The van der Waals surface area contributed by atoms with Gasteiger partial charge in [-0.2, -0.15) is 4.98 Å². The normalized spacial score (nSPS) is 18.2. The van der Waals surface area contributed by atoms with Crippen molar-refractivity contribution in [2.24, 2.45) is 0 Å². The summed E-state index contributed by atoms with van der Waals surface area (Å²) in [5, 5.41) is 4.91. The number of imidazole rings is 1. The van der Waals surface area contributed by atoms with E-state index in [1.807, 2.05) is 4.40 Å². The molecular weight excluding hydrogens is 373 g/mol. The predicted octanol–water partition coefficient (Wildman–Crippen LogP) is 2.70. The first-order valence-corrected chi connectivity index (χ1v) is 9.91. The van der Waals surface area contributed by atoms with Crippen LogP contribution >= 0.6 is 0 Å². The Balaban J connectivity index is 1.55. The number of rotatable bonds is 3. The zero-order valence-electron chi connectivity index (χ0n) is 16.0. The summed E-state index contributed by atoms with van der Waals surface area (Å²) in [6.07, 6.45) is 3.87. The summed E-state index contributed by atoms with van der Waals surface area (Å²) in [5.74, 6) is 1.99. The molecule has 4 aromatic rings. The van der Waals surface area contributed by atoms with E-state index < -0.39 is 0 Å². The van der Waals surface area contributed by atoms with Crippen molar-refractivity contribution in [3.05, 3.63) is 36.2 Å². The average Bonchev–Trinajstić information content (AvgIpc) is 3.30. The highest BCUT2D eigenvalue weighted by atomic mass is 19.1. The molecular formula is C20H20FN7O. The van der Waals surface area contributed by atoms with Crippen molar-refractivity contribution in [1.29, 1.82) is 0 Å². The van der Waals surface area contributed by atoms with Crippen LogP contribution in [0.25, 0.3) is 28.1 Å². The van der Waals surface area contributed by atoms with Gasteiger partial charge in [0, 0.05) is 37.5 Å². The summed E-state index contributed by atoms with van der Waals surface area (Å²) in [4.78, 5) is 18.5. The molecule has 1 saturated heterocycles. The molecule has 0 N–H and O–H groups in total. The highest BCUT2D eigenvalue weighted by molar-refractivity contribution is 5.93. The Bertz CT molecular complexity index is 1220. The monoisotopic (exact) mass is 393 g/mol. The van der Waals surface area contributed by atoms with E-state index in [9.17, 15) is 4.39 Å². The topological polar surface area (TPSA) is 75.6 Å². The Morgan fingerprint density at radius 3 is 2.72 bits per heavy atom. The fourth-order valence-corrected chi connectivity index (χ4v) is 3.93. The van der Waals surface area contributed by atoms with Gasteiger partial charge in [-0.1, -0.05) is 5.16 Å². The maximum atomic E-state index is 14.1. The van der Waals surface area contributed by atoms with Crippen LogP contribution in [0.3, 0.4) is 0 Å². The number of likely N-dealkylation sites (N-methyl/N-ethyl adjacent to an activating group) is 1. The van der Waals surface area contributed by atoms with E-state index in [0.29, 0.717) is 29.0 Å². The van der Waals surface area contributed by atoms with Gasteiger partial charge < -0.3 is 14.3 Å². The fraction of sp³-hybridized carbons (Fsp3) is 0.400. The van der Waals surface area contributed by atoms with Crippen LogP contribution in [0, 0.1) is 5.82 Å². The van der Waals surface area contributed by atoms with Crippen LogP contribution in [0.2, 0.25) is 0 Å². The van der Waals surface area contributed by atoms with Crippen LogP contribution in [0.15, 0.2) is 29.0 Å². The second kappa shape index (κ2) is 6.21. The van der Waals surface area contributed by atoms with Crippen molar-refractivity contribution in [2.45, 2.75) is 18.8 Å². The molecule has 0 amide bonds. The SMILES string of the molecule is CN1CCN(c2nc3c(-c4noc(C5CC5)n4)ncn3c3ccc(F)cc23)CC1. The van der Waals surface area contributed by atoms with E-state index >= 15 is 0 Å². The second-order valence-electron chi connectivity index (χ2n) is 7.90. The standard InChI is InChI=1S/C20H20FN7O/c1-26-6-8-27(9-7-26)18-14-10-13(21)4-5-15(14)28-11-22-16(19(28)24-18)17-23-20(29-25-17)12-2-3-12/h4-5,10-12H,2-3,6-9H2,1H3. The summed E-state index contributed by atoms with van der Waals surface area (Å²) >= 11 is 0. The lowest BCUT2D eigenvalue weighted by molar-refractivity contribution is 0.312. The molecule has 148 valence electrons. The molecule has 2 fully saturated rings. The molecule has 2 aliphatic rings. The molecule has 1 saturated carbocycles. The molecule has 9 heteroatoms. The maximum Gasteiger partial charge on any atom is 0.230 e. The quantitative estimate of drug-likeness (QED) is 0.530. The summed E-state index contributed by atoms with van der Waals surface area (Å²) < 4.78 is 21.4. The van der Waals surface area contributed by atoms with Gasteiger partial charge in [-0.15, -0.1) is 0 Å². The van der Waals surface area contributed by atoms with Crippen molar-refractivity contribution < 1.29 is 8.91 Å². The van der Waals surface area contributed by atoms with Crippen molar-refractivity contribution in [3.63, 3.8) is 0 Å². The number of fused-ring (bicyclic) bond motifs is 3. The number of aromatic nitrogens is 5. The van der Waals surface area contributed by atoms with Gasteiger partial charge in [0.25, 0.3) is 0 Å². The molecule has 29 heavy (non-hydrogen) atoms. The lowest BCUT2D eigenvalue weighted by Crippen LogP contribution is -2.45. The Kier molecular flexibility index (Phi) is 3.61. The molecule has 0 radical (unpaired) electrons. The van der Waals surface area contributed by atoms with Gasteiger partial charge in [0.2, 0.25) is 11.7 Å². The van der Waals surface area contributed by atoms with Crippen LogP contribution < -0.4 is 4.90 Å². The zero-order valence-corrected chi connectivity index (χ0v) is 16.0. The van der Waals surface area contributed by atoms with Gasteiger partial charge in [0.1, 0.15) is 18.0 Å². The largest absolute Gasteiger partial charge is 0.353 e. The molecule has 0 unspecified atom stereocenters. The average molecular weight is 393 g/mol. The van der Waals surface area contributed by atoms with E-state index in [1.54, 1.807) is 18.5 Å². The number of hydrogen-bond acceptors (Lipinski definition) is 7.